The molecular weight excluding hydrogens is 342 g/mol. The second-order valence-corrected chi connectivity index (χ2v) is 5.43. The Kier molecular flexibility index (Phi) is 4.87. The molecule has 104 valence electrons. The molecule has 0 radical (unpaired) electrons. The number of amidine groups is 1. The standard InChI is InChI=1S/C14H13BrClN3O/c15-12-6-5-11(7-13(12)16)18-8-9-1-3-10(4-2-9)14(17)19-20/h1-7,18,20H,8H2,(H2,17,19). The summed E-state index contributed by atoms with van der Waals surface area (Å²) in [5.74, 6) is 0.101. The second-order valence-electron chi connectivity index (χ2n) is 4.16. The average Bonchev–Trinajstić information content (AvgIpc) is 2.48. The summed E-state index contributed by atoms with van der Waals surface area (Å²) < 4.78 is 0.868. The van der Waals surface area contributed by atoms with Gasteiger partial charge in [-0.25, -0.2) is 0 Å². The Bertz CT molecular complexity index is 629. The van der Waals surface area contributed by atoms with Crippen LogP contribution in [0.1, 0.15) is 11.1 Å². The first kappa shape index (κ1) is 14.7. The monoisotopic (exact) mass is 353 g/mol. The van der Waals surface area contributed by atoms with Gasteiger partial charge >= 0.3 is 0 Å². The lowest BCUT2D eigenvalue weighted by Gasteiger charge is -2.08. The molecule has 4 N–H and O–H groups in total. The highest BCUT2D eigenvalue weighted by molar-refractivity contribution is 9.10. The molecule has 2 rings (SSSR count). The Morgan fingerprint density at radius 1 is 1.25 bits per heavy atom. The minimum atomic E-state index is 0.101. The molecule has 0 bridgehead atoms. The normalized spacial score (nSPS) is 11.4. The van der Waals surface area contributed by atoms with E-state index in [1.165, 1.54) is 0 Å². The molecule has 6 heteroatoms. The van der Waals surface area contributed by atoms with Gasteiger partial charge in [0.25, 0.3) is 0 Å². The van der Waals surface area contributed by atoms with E-state index in [-0.39, 0.29) is 5.84 Å². The molecule has 20 heavy (non-hydrogen) atoms. The molecule has 0 saturated heterocycles. The fraction of sp³-hybridized carbons (Fsp3) is 0.0714. The average molecular weight is 355 g/mol. The summed E-state index contributed by atoms with van der Waals surface area (Å²) in [6, 6.07) is 13.1. The third-order valence-electron chi connectivity index (χ3n) is 2.77. The Morgan fingerprint density at radius 3 is 2.55 bits per heavy atom. The van der Waals surface area contributed by atoms with Crippen LogP contribution in [0.5, 0.6) is 0 Å². The quantitative estimate of drug-likeness (QED) is 0.338. The van der Waals surface area contributed by atoms with Crippen molar-refractivity contribution in [3.05, 3.63) is 63.1 Å². The van der Waals surface area contributed by atoms with Crippen molar-refractivity contribution < 1.29 is 5.21 Å². The molecule has 0 amide bonds. The molecule has 0 unspecified atom stereocenters. The summed E-state index contributed by atoms with van der Waals surface area (Å²) in [5.41, 5.74) is 8.21. The number of nitrogens with two attached hydrogens (primary N) is 1. The summed E-state index contributed by atoms with van der Waals surface area (Å²) in [5, 5.41) is 15.5. The van der Waals surface area contributed by atoms with E-state index in [0.717, 1.165) is 15.7 Å². The van der Waals surface area contributed by atoms with Crippen LogP contribution in [0.15, 0.2) is 52.1 Å². The highest BCUT2D eigenvalue weighted by Crippen LogP contribution is 2.25. The predicted octanol–water partition coefficient (Wildman–Crippen LogP) is 3.81. The lowest BCUT2D eigenvalue weighted by atomic mass is 10.1. The van der Waals surface area contributed by atoms with Crippen LogP contribution in [-0.2, 0) is 6.54 Å². The van der Waals surface area contributed by atoms with Crippen molar-refractivity contribution in [1.29, 1.82) is 0 Å². The van der Waals surface area contributed by atoms with Crippen LogP contribution in [0.4, 0.5) is 5.69 Å². The number of benzene rings is 2. The molecule has 0 aliphatic heterocycles. The number of nitrogens with zero attached hydrogens (tertiary/aromatic N) is 1. The molecule has 4 nitrogen and oxygen atoms in total. The van der Waals surface area contributed by atoms with Gasteiger partial charge in [-0.3, -0.25) is 0 Å². The zero-order valence-corrected chi connectivity index (χ0v) is 12.8. The van der Waals surface area contributed by atoms with Gasteiger partial charge in [0.15, 0.2) is 5.84 Å². The fourth-order valence-corrected chi connectivity index (χ4v) is 2.09. The molecule has 0 fully saturated rings. The number of nitrogens with one attached hydrogen (secondary N) is 1. The first-order valence-electron chi connectivity index (χ1n) is 5.86. The van der Waals surface area contributed by atoms with Crippen LogP contribution in [0, 0.1) is 0 Å². The van der Waals surface area contributed by atoms with E-state index >= 15 is 0 Å². The highest BCUT2D eigenvalue weighted by atomic mass is 79.9. The molecular formula is C14H13BrClN3O. The van der Waals surface area contributed by atoms with Crippen LogP contribution < -0.4 is 11.1 Å². The third-order valence-corrected chi connectivity index (χ3v) is 4.01. The van der Waals surface area contributed by atoms with E-state index in [1.54, 1.807) is 12.1 Å². The maximum atomic E-state index is 8.59. The van der Waals surface area contributed by atoms with Crippen molar-refractivity contribution in [3.63, 3.8) is 0 Å². The van der Waals surface area contributed by atoms with E-state index in [2.05, 4.69) is 26.4 Å². The van der Waals surface area contributed by atoms with E-state index in [1.807, 2.05) is 30.3 Å². The van der Waals surface area contributed by atoms with Crippen molar-refractivity contribution in [2.24, 2.45) is 10.9 Å². The molecule has 0 aromatic heterocycles. The van der Waals surface area contributed by atoms with Gasteiger partial charge in [0, 0.05) is 22.3 Å². The summed E-state index contributed by atoms with van der Waals surface area (Å²) in [4.78, 5) is 0. The van der Waals surface area contributed by atoms with E-state index in [9.17, 15) is 0 Å². The number of halogens is 2. The molecule has 0 heterocycles. The molecule has 0 saturated carbocycles. The Hall–Kier alpha value is -1.72. The van der Waals surface area contributed by atoms with Gasteiger partial charge in [-0.15, -0.1) is 0 Å². The number of anilines is 1. The number of oxime groups is 1. The van der Waals surface area contributed by atoms with Gasteiger partial charge in [0.1, 0.15) is 0 Å². The van der Waals surface area contributed by atoms with E-state index in [4.69, 9.17) is 22.5 Å². The highest BCUT2D eigenvalue weighted by Gasteiger charge is 2.01. The molecule has 0 aliphatic carbocycles. The van der Waals surface area contributed by atoms with Crippen molar-refractivity contribution in [2.45, 2.75) is 6.54 Å². The van der Waals surface area contributed by atoms with Gasteiger partial charge < -0.3 is 16.3 Å². The lowest BCUT2D eigenvalue weighted by Crippen LogP contribution is -2.13. The maximum absolute atomic E-state index is 8.59. The van der Waals surface area contributed by atoms with Crippen LogP contribution >= 0.6 is 27.5 Å². The minimum absolute atomic E-state index is 0.101. The zero-order chi connectivity index (χ0) is 14.5. The van der Waals surface area contributed by atoms with Gasteiger partial charge in [-0.1, -0.05) is 41.0 Å². The molecule has 0 atom stereocenters. The van der Waals surface area contributed by atoms with Crippen LogP contribution in [0.2, 0.25) is 5.02 Å². The SMILES string of the molecule is N/C(=N/O)c1ccc(CNc2ccc(Br)c(Cl)c2)cc1. The van der Waals surface area contributed by atoms with Crippen molar-refractivity contribution in [1.82, 2.24) is 0 Å². The fourth-order valence-electron chi connectivity index (χ4n) is 1.66. The predicted molar refractivity (Wildman–Crippen MR) is 85.4 cm³/mol. The molecule has 0 aliphatic rings. The van der Waals surface area contributed by atoms with Crippen LogP contribution in [-0.4, -0.2) is 11.0 Å². The Labute approximate surface area is 130 Å². The first-order chi connectivity index (χ1) is 9.60. The summed E-state index contributed by atoms with van der Waals surface area (Å²) in [6.07, 6.45) is 0. The molecule has 2 aromatic carbocycles. The molecule has 0 spiro atoms. The summed E-state index contributed by atoms with van der Waals surface area (Å²) in [6.45, 7) is 0.661. The largest absolute Gasteiger partial charge is 0.409 e. The van der Waals surface area contributed by atoms with E-state index in [0.29, 0.717) is 17.1 Å². The summed E-state index contributed by atoms with van der Waals surface area (Å²) >= 11 is 9.38. The zero-order valence-electron chi connectivity index (χ0n) is 10.5. The number of rotatable bonds is 4. The number of hydrogen-bond donors (Lipinski definition) is 3. The number of hydrogen-bond acceptors (Lipinski definition) is 3. The lowest BCUT2D eigenvalue weighted by molar-refractivity contribution is 0.318. The van der Waals surface area contributed by atoms with Gasteiger partial charge in [0.05, 0.1) is 5.02 Å². The second kappa shape index (κ2) is 6.63. The topological polar surface area (TPSA) is 70.6 Å². The van der Waals surface area contributed by atoms with Crippen molar-refractivity contribution in [2.75, 3.05) is 5.32 Å². The van der Waals surface area contributed by atoms with Gasteiger partial charge in [-0.05, 0) is 39.7 Å². The van der Waals surface area contributed by atoms with Crippen molar-refractivity contribution in [3.8, 4) is 0 Å². The smallest absolute Gasteiger partial charge is 0.170 e. The first-order valence-corrected chi connectivity index (χ1v) is 7.03. The van der Waals surface area contributed by atoms with Crippen LogP contribution in [0.3, 0.4) is 0 Å². The van der Waals surface area contributed by atoms with Crippen LogP contribution in [0.25, 0.3) is 0 Å². The van der Waals surface area contributed by atoms with E-state index < -0.39 is 0 Å². The third kappa shape index (κ3) is 3.65. The maximum Gasteiger partial charge on any atom is 0.170 e. The van der Waals surface area contributed by atoms with Crippen molar-refractivity contribution >= 4 is 39.1 Å². The Morgan fingerprint density at radius 2 is 1.95 bits per heavy atom. The minimum Gasteiger partial charge on any atom is -0.409 e. The van der Waals surface area contributed by atoms with Gasteiger partial charge in [-0.2, -0.15) is 0 Å². The Balaban J connectivity index is 2.02. The van der Waals surface area contributed by atoms with Gasteiger partial charge in [0.2, 0.25) is 0 Å². The summed E-state index contributed by atoms with van der Waals surface area (Å²) in [7, 11) is 0. The molecule has 2 aromatic rings.